The molecule has 5 nitrogen and oxygen atoms in total. The highest BCUT2D eigenvalue weighted by molar-refractivity contribution is 6.42. The molecular formula is C18H25Cl2N3O2. The molecule has 0 bridgehead atoms. The van der Waals surface area contributed by atoms with E-state index in [4.69, 9.17) is 27.9 Å². The molecule has 0 aromatic heterocycles. The Bertz CT molecular complexity index is 608. The van der Waals surface area contributed by atoms with Crippen molar-refractivity contribution in [1.82, 2.24) is 15.1 Å². The van der Waals surface area contributed by atoms with Crippen LogP contribution in [0.25, 0.3) is 0 Å². The lowest BCUT2D eigenvalue weighted by molar-refractivity contribution is -0.142. The molecule has 2 fully saturated rings. The third-order valence-corrected chi connectivity index (χ3v) is 5.85. The molecule has 3 rings (SSSR count). The van der Waals surface area contributed by atoms with Gasteiger partial charge in [0.25, 0.3) is 0 Å². The van der Waals surface area contributed by atoms with Crippen molar-refractivity contribution in [3.8, 4) is 0 Å². The van der Waals surface area contributed by atoms with Crippen LogP contribution in [-0.2, 0) is 16.0 Å². The molecule has 1 aromatic carbocycles. The summed E-state index contributed by atoms with van der Waals surface area (Å²) in [7, 11) is 0. The maximum Gasteiger partial charge on any atom is 0.227 e. The number of halogens is 2. The van der Waals surface area contributed by atoms with E-state index in [9.17, 15) is 4.79 Å². The number of piperazine rings is 1. The van der Waals surface area contributed by atoms with Gasteiger partial charge < -0.3 is 15.0 Å². The summed E-state index contributed by atoms with van der Waals surface area (Å²) in [6, 6.07) is 5.74. The van der Waals surface area contributed by atoms with E-state index in [1.165, 1.54) is 0 Å². The van der Waals surface area contributed by atoms with Gasteiger partial charge in [-0.2, -0.15) is 0 Å². The number of hydrogen-bond acceptors (Lipinski definition) is 4. The fraction of sp³-hybridized carbons (Fsp3) is 0.611. The summed E-state index contributed by atoms with van der Waals surface area (Å²) < 4.78 is 5.68. The molecule has 2 atom stereocenters. The van der Waals surface area contributed by atoms with Crippen molar-refractivity contribution in [3.05, 3.63) is 33.8 Å². The van der Waals surface area contributed by atoms with E-state index in [1.807, 2.05) is 11.0 Å². The Morgan fingerprint density at radius 1 is 1.28 bits per heavy atom. The molecule has 2 heterocycles. The van der Waals surface area contributed by atoms with Gasteiger partial charge in [0.2, 0.25) is 5.91 Å². The first kappa shape index (κ1) is 18.9. The van der Waals surface area contributed by atoms with Crippen LogP contribution in [0.2, 0.25) is 10.0 Å². The van der Waals surface area contributed by atoms with Gasteiger partial charge in [0.05, 0.1) is 35.7 Å². The Morgan fingerprint density at radius 3 is 2.76 bits per heavy atom. The van der Waals surface area contributed by atoms with E-state index in [0.717, 1.165) is 31.7 Å². The van der Waals surface area contributed by atoms with Crippen LogP contribution in [0, 0.1) is 0 Å². The zero-order valence-electron chi connectivity index (χ0n) is 14.5. The molecule has 2 aliphatic rings. The highest BCUT2D eigenvalue weighted by Gasteiger charge is 2.34. The van der Waals surface area contributed by atoms with Gasteiger partial charge in [0.15, 0.2) is 0 Å². The molecule has 0 saturated carbocycles. The zero-order chi connectivity index (χ0) is 17.8. The molecular weight excluding hydrogens is 361 g/mol. The predicted molar refractivity (Wildman–Crippen MR) is 100 cm³/mol. The van der Waals surface area contributed by atoms with Crippen molar-refractivity contribution in [2.45, 2.75) is 25.4 Å². The minimum Gasteiger partial charge on any atom is -0.377 e. The molecule has 7 heteroatoms. The molecule has 1 N–H and O–H groups in total. The first-order chi connectivity index (χ1) is 12.1. The van der Waals surface area contributed by atoms with Gasteiger partial charge in [-0.25, -0.2) is 0 Å². The van der Waals surface area contributed by atoms with E-state index in [2.05, 4.69) is 17.1 Å². The largest absolute Gasteiger partial charge is 0.377 e. The van der Waals surface area contributed by atoms with E-state index in [-0.39, 0.29) is 18.0 Å². The van der Waals surface area contributed by atoms with Crippen LogP contribution < -0.4 is 5.32 Å². The van der Waals surface area contributed by atoms with Crippen molar-refractivity contribution < 1.29 is 9.53 Å². The summed E-state index contributed by atoms with van der Waals surface area (Å²) >= 11 is 12.0. The van der Waals surface area contributed by atoms with Crippen LogP contribution >= 0.6 is 23.2 Å². The Morgan fingerprint density at radius 2 is 2.04 bits per heavy atom. The van der Waals surface area contributed by atoms with Gasteiger partial charge in [-0.05, 0) is 24.6 Å². The molecule has 0 aliphatic carbocycles. The number of nitrogens with zero attached hydrogens (tertiary/aromatic N) is 2. The van der Waals surface area contributed by atoms with Crippen molar-refractivity contribution in [2.24, 2.45) is 0 Å². The summed E-state index contributed by atoms with van der Waals surface area (Å²) in [6.07, 6.45) is 0.335. The summed E-state index contributed by atoms with van der Waals surface area (Å²) in [6.45, 7) is 8.03. The Hall–Kier alpha value is -0.850. The molecule has 2 saturated heterocycles. The highest BCUT2D eigenvalue weighted by atomic mass is 35.5. The third-order valence-electron chi connectivity index (χ3n) is 5.11. The number of morpholine rings is 1. The molecule has 1 aromatic rings. The molecule has 0 spiro atoms. The fourth-order valence-corrected chi connectivity index (χ4v) is 3.91. The molecule has 1 amide bonds. The van der Waals surface area contributed by atoms with Gasteiger partial charge in [-0.15, -0.1) is 0 Å². The number of hydrogen-bond donors (Lipinski definition) is 1. The Kier molecular flexibility index (Phi) is 6.58. The number of carbonyl (C=O) groups excluding carboxylic acids is 1. The number of rotatable bonds is 4. The van der Waals surface area contributed by atoms with Gasteiger partial charge in [0.1, 0.15) is 0 Å². The van der Waals surface area contributed by atoms with Crippen LogP contribution in [0.5, 0.6) is 0 Å². The number of nitrogens with one attached hydrogen (secondary N) is 1. The van der Waals surface area contributed by atoms with Gasteiger partial charge in [0, 0.05) is 38.8 Å². The molecule has 25 heavy (non-hydrogen) atoms. The average Bonchev–Trinajstić information content (AvgIpc) is 2.65. The topological polar surface area (TPSA) is 44.8 Å². The van der Waals surface area contributed by atoms with Gasteiger partial charge in [-0.1, -0.05) is 29.3 Å². The first-order valence-corrected chi connectivity index (χ1v) is 9.58. The van der Waals surface area contributed by atoms with E-state index in [0.29, 0.717) is 36.2 Å². The minimum absolute atomic E-state index is 0.0853. The number of amides is 1. The highest BCUT2D eigenvalue weighted by Crippen LogP contribution is 2.24. The predicted octanol–water partition coefficient (Wildman–Crippen LogP) is 2.06. The lowest BCUT2D eigenvalue weighted by Crippen LogP contribution is -2.60. The maximum atomic E-state index is 12.9. The average molecular weight is 386 g/mol. The summed E-state index contributed by atoms with van der Waals surface area (Å²) in [4.78, 5) is 17.3. The second kappa shape index (κ2) is 8.69. The number of benzene rings is 1. The normalized spacial score (nSPS) is 23.5. The van der Waals surface area contributed by atoms with Gasteiger partial charge in [-0.3, -0.25) is 9.69 Å². The van der Waals surface area contributed by atoms with Crippen LogP contribution in [0.15, 0.2) is 18.2 Å². The standard InChI is InChI=1S/C18H25Cl2N3O2/c1-13(22-6-4-21-5-7-22)17-12-25-9-8-23(17)18(24)11-14-2-3-15(19)16(20)10-14/h2-3,10,13,17,21H,4-9,11-12H2,1H3. The number of carbonyl (C=O) groups is 1. The first-order valence-electron chi connectivity index (χ1n) is 8.82. The Labute approximate surface area is 159 Å². The minimum atomic E-state index is 0.0853. The lowest BCUT2D eigenvalue weighted by Gasteiger charge is -2.44. The maximum absolute atomic E-state index is 12.9. The van der Waals surface area contributed by atoms with E-state index < -0.39 is 0 Å². The SMILES string of the molecule is CC(C1COCCN1C(=O)Cc1ccc(Cl)c(Cl)c1)N1CCNCC1. The smallest absolute Gasteiger partial charge is 0.227 e. The fourth-order valence-electron chi connectivity index (χ4n) is 3.59. The quantitative estimate of drug-likeness (QED) is 0.861. The van der Waals surface area contributed by atoms with Crippen molar-refractivity contribution in [3.63, 3.8) is 0 Å². The third kappa shape index (κ3) is 4.66. The summed E-state index contributed by atoms with van der Waals surface area (Å²) in [5, 5.41) is 4.37. The van der Waals surface area contributed by atoms with Crippen LogP contribution in [0.4, 0.5) is 0 Å². The van der Waals surface area contributed by atoms with Crippen molar-refractivity contribution in [2.75, 3.05) is 45.9 Å². The Balaban J connectivity index is 1.68. The van der Waals surface area contributed by atoms with Gasteiger partial charge >= 0.3 is 0 Å². The van der Waals surface area contributed by atoms with Crippen LogP contribution in [-0.4, -0.2) is 73.7 Å². The lowest BCUT2D eigenvalue weighted by atomic mass is 10.0. The molecule has 2 unspecified atom stereocenters. The summed E-state index contributed by atoms with van der Waals surface area (Å²) in [5.74, 6) is 0.119. The van der Waals surface area contributed by atoms with Crippen molar-refractivity contribution in [1.29, 1.82) is 0 Å². The van der Waals surface area contributed by atoms with Crippen molar-refractivity contribution >= 4 is 29.1 Å². The second-order valence-corrected chi connectivity index (χ2v) is 7.50. The summed E-state index contributed by atoms with van der Waals surface area (Å²) in [5.41, 5.74) is 0.888. The van der Waals surface area contributed by atoms with Crippen LogP contribution in [0.3, 0.4) is 0 Å². The second-order valence-electron chi connectivity index (χ2n) is 6.68. The zero-order valence-corrected chi connectivity index (χ0v) is 16.0. The van der Waals surface area contributed by atoms with Crippen LogP contribution in [0.1, 0.15) is 12.5 Å². The monoisotopic (exact) mass is 385 g/mol. The molecule has 0 radical (unpaired) electrons. The molecule has 2 aliphatic heterocycles. The number of ether oxygens (including phenoxy) is 1. The molecule has 138 valence electrons. The van der Waals surface area contributed by atoms with E-state index >= 15 is 0 Å². The van der Waals surface area contributed by atoms with E-state index in [1.54, 1.807) is 12.1 Å².